The van der Waals surface area contributed by atoms with Crippen LogP contribution in [0.25, 0.3) is 11.6 Å². The average Bonchev–Trinajstić information content (AvgIpc) is 3.55. The highest BCUT2D eigenvalue weighted by molar-refractivity contribution is 7.16. The van der Waals surface area contributed by atoms with E-state index in [0.29, 0.717) is 30.2 Å². The first kappa shape index (κ1) is 25.2. The van der Waals surface area contributed by atoms with Crippen molar-refractivity contribution >= 4 is 39.7 Å². The summed E-state index contributed by atoms with van der Waals surface area (Å²) < 4.78 is 11.2. The normalized spacial score (nSPS) is 17.8. The predicted molar refractivity (Wildman–Crippen MR) is 152 cm³/mol. The molecule has 0 bridgehead atoms. The number of benzene rings is 2. The molecular formula is C28H29N7O3S. The number of amides is 1. The smallest absolute Gasteiger partial charge is 0.317 e. The highest BCUT2D eigenvalue weighted by Gasteiger charge is 2.38. The Morgan fingerprint density at radius 3 is 2.69 bits per heavy atom. The van der Waals surface area contributed by atoms with E-state index in [1.165, 1.54) is 6.42 Å². The van der Waals surface area contributed by atoms with Crippen LogP contribution in [-0.2, 0) is 14.9 Å². The molecule has 1 aliphatic heterocycles. The molecule has 0 radical (unpaired) electrons. The van der Waals surface area contributed by atoms with Crippen LogP contribution in [-0.4, -0.2) is 53.2 Å². The van der Waals surface area contributed by atoms with Gasteiger partial charge in [0.15, 0.2) is 5.69 Å². The van der Waals surface area contributed by atoms with Crippen LogP contribution < -0.4 is 16.0 Å². The van der Waals surface area contributed by atoms with E-state index in [1.54, 1.807) is 18.4 Å². The summed E-state index contributed by atoms with van der Waals surface area (Å²) in [7, 11) is 1.67. The van der Waals surface area contributed by atoms with Crippen molar-refractivity contribution < 1.29 is 13.9 Å². The van der Waals surface area contributed by atoms with Crippen LogP contribution >= 0.6 is 11.3 Å². The standard InChI is InChI=1S/C28H29N7O3S/c1-28(13-8-14-28)26-32-21(25(39-26)29-15-16-37-2)24-34-35-27(38-24)33-22-23(36)30-19-12-7-6-11-18(19)20(31-22)17-9-4-3-5-10-17/h3-7,9-12,22,29H,8,13-16H2,1-2H3,(H,30,36)(H,33,35)/t22-/m1/s1. The molecule has 39 heavy (non-hydrogen) atoms. The number of aliphatic imine (C=N–C) groups is 1. The maximum absolute atomic E-state index is 13.2. The minimum absolute atomic E-state index is 0.0672. The van der Waals surface area contributed by atoms with Gasteiger partial charge in [-0.2, -0.15) is 0 Å². The first-order valence-electron chi connectivity index (χ1n) is 12.9. The summed E-state index contributed by atoms with van der Waals surface area (Å²) in [6.07, 6.45) is 2.43. The average molecular weight is 544 g/mol. The summed E-state index contributed by atoms with van der Waals surface area (Å²) in [5, 5.41) is 19.7. The van der Waals surface area contributed by atoms with Crippen molar-refractivity contribution in [1.82, 2.24) is 15.2 Å². The van der Waals surface area contributed by atoms with Gasteiger partial charge in [-0.1, -0.05) is 67.0 Å². The van der Waals surface area contributed by atoms with Crippen molar-refractivity contribution in [3.63, 3.8) is 0 Å². The van der Waals surface area contributed by atoms with Crippen molar-refractivity contribution in [2.45, 2.75) is 37.8 Å². The lowest BCUT2D eigenvalue weighted by atomic mass is 9.71. The van der Waals surface area contributed by atoms with Crippen LogP contribution in [0.1, 0.15) is 42.3 Å². The van der Waals surface area contributed by atoms with Gasteiger partial charge in [0.1, 0.15) is 10.0 Å². The Morgan fingerprint density at radius 1 is 1.13 bits per heavy atom. The van der Waals surface area contributed by atoms with Crippen LogP contribution in [0.5, 0.6) is 0 Å². The van der Waals surface area contributed by atoms with Gasteiger partial charge < -0.3 is 25.1 Å². The van der Waals surface area contributed by atoms with Gasteiger partial charge in [0.25, 0.3) is 11.8 Å². The molecule has 2 aromatic heterocycles. The van der Waals surface area contributed by atoms with Gasteiger partial charge in [-0.3, -0.25) is 4.79 Å². The number of carbonyl (C=O) groups excluding carboxylic acids is 1. The molecule has 3 heterocycles. The number of carbonyl (C=O) groups is 1. The second kappa shape index (κ2) is 10.6. The van der Waals surface area contributed by atoms with Crippen molar-refractivity contribution in [3.8, 4) is 11.6 Å². The van der Waals surface area contributed by atoms with Crippen LogP contribution in [0.4, 0.5) is 16.7 Å². The zero-order chi connectivity index (χ0) is 26.8. The molecule has 11 heteroatoms. The SMILES string of the molecule is COCCNc1sc(C2(C)CCC2)nc1-c1nnc(N[C@H]2N=C(c3ccccc3)c3ccccc3NC2=O)o1. The molecule has 0 unspecified atom stereocenters. The lowest BCUT2D eigenvalue weighted by Gasteiger charge is -2.36. The van der Waals surface area contributed by atoms with Crippen molar-refractivity contribution in [2.75, 3.05) is 36.2 Å². The number of aromatic nitrogens is 3. The number of fused-ring (bicyclic) bond motifs is 1. The Labute approximate surface area is 229 Å². The molecule has 2 aromatic carbocycles. The van der Waals surface area contributed by atoms with Crippen LogP contribution in [0.3, 0.4) is 0 Å². The summed E-state index contributed by atoms with van der Waals surface area (Å²) >= 11 is 1.61. The number of rotatable bonds is 9. The summed E-state index contributed by atoms with van der Waals surface area (Å²) in [4.78, 5) is 22.9. The van der Waals surface area contributed by atoms with E-state index in [0.717, 1.165) is 34.0 Å². The molecule has 2 aliphatic rings. The number of ether oxygens (including phenoxy) is 1. The van der Waals surface area contributed by atoms with Crippen molar-refractivity contribution in [2.24, 2.45) is 4.99 Å². The Kier molecular flexibility index (Phi) is 6.84. The van der Waals surface area contributed by atoms with Gasteiger partial charge in [0, 0.05) is 30.2 Å². The molecule has 1 aliphatic carbocycles. The lowest BCUT2D eigenvalue weighted by Crippen LogP contribution is -2.32. The van der Waals surface area contributed by atoms with E-state index >= 15 is 0 Å². The number of hydrogen-bond donors (Lipinski definition) is 3. The van der Waals surface area contributed by atoms with Gasteiger partial charge in [0.05, 0.1) is 18.0 Å². The van der Waals surface area contributed by atoms with E-state index in [4.69, 9.17) is 19.1 Å². The van der Waals surface area contributed by atoms with E-state index in [-0.39, 0.29) is 23.2 Å². The number of hydrogen-bond acceptors (Lipinski definition) is 10. The molecule has 1 fully saturated rings. The zero-order valence-corrected chi connectivity index (χ0v) is 22.5. The highest BCUT2D eigenvalue weighted by atomic mass is 32.1. The largest absolute Gasteiger partial charge is 0.402 e. The van der Waals surface area contributed by atoms with Gasteiger partial charge in [-0.05, 0) is 18.9 Å². The summed E-state index contributed by atoms with van der Waals surface area (Å²) in [6, 6.07) is 17.4. The first-order valence-corrected chi connectivity index (χ1v) is 13.7. The van der Waals surface area contributed by atoms with Gasteiger partial charge in [-0.25, -0.2) is 9.98 Å². The third kappa shape index (κ3) is 5.02. The van der Waals surface area contributed by atoms with Crippen LogP contribution in [0, 0.1) is 0 Å². The minimum Gasteiger partial charge on any atom is -0.402 e. The van der Waals surface area contributed by atoms with E-state index < -0.39 is 6.17 Å². The van der Waals surface area contributed by atoms with Crippen molar-refractivity contribution in [3.05, 3.63) is 70.7 Å². The Morgan fingerprint density at radius 2 is 1.92 bits per heavy atom. The molecule has 200 valence electrons. The number of benzodiazepines with no additional fused rings is 1. The maximum atomic E-state index is 13.2. The van der Waals surface area contributed by atoms with Crippen molar-refractivity contribution in [1.29, 1.82) is 0 Å². The fourth-order valence-corrected chi connectivity index (χ4v) is 5.89. The Balaban J connectivity index is 1.30. The van der Waals surface area contributed by atoms with Gasteiger partial charge in [-0.15, -0.1) is 16.4 Å². The molecule has 0 saturated heterocycles. The number of thiazole rings is 1. The minimum atomic E-state index is -0.986. The fourth-order valence-electron chi connectivity index (χ4n) is 4.71. The number of nitrogens with zero attached hydrogens (tertiary/aromatic N) is 4. The molecule has 0 spiro atoms. The van der Waals surface area contributed by atoms with Gasteiger partial charge >= 0.3 is 6.01 Å². The molecule has 1 atom stereocenters. The molecule has 3 N–H and O–H groups in total. The third-order valence-corrected chi connectivity index (χ3v) is 8.39. The first-order chi connectivity index (χ1) is 19.0. The lowest BCUT2D eigenvalue weighted by molar-refractivity contribution is -0.116. The zero-order valence-electron chi connectivity index (χ0n) is 21.7. The quantitative estimate of drug-likeness (QED) is 0.254. The molecular weight excluding hydrogens is 514 g/mol. The third-order valence-electron chi connectivity index (χ3n) is 7.07. The van der Waals surface area contributed by atoms with E-state index in [1.807, 2.05) is 54.6 Å². The van der Waals surface area contributed by atoms with E-state index in [2.05, 4.69) is 33.1 Å². The number of nitrogens with one attached hydrogen (secondary N) is 3. The topological polar surface area (TPSA) is 127 Å². The molecule has 6 rings (SSSR count). The summed E-state index contributed by atoms with van der Waals surface area (Å²) in [5.41, 5.74) is 3.77. The molecule has 1 saturated carbocycles. The van der Waals surface area contributed by atoms with Gasteiger partial charge in [0.2, 0.25) is 6.17 Å². The number of methoxy groups -OCH3 is 1. The number of anilines is 3. The molecule has 1 amide bonds. The fraction of sp³-hybridized carbons (Fsp3) is 0.321. The Hall–Kier alpha value is -4.09. The maximum Gasteiger partial charge on any atom is 0.317 e. The van der Waals surface area contributed by atoms with Crippen LogP contribution in [0.2, 0.25) is 0 Å². The number of para-hydroxylation sites is 1. The highest BCUT2D eigenvalue weighted by Crippen LogP contribution is 2.47. The molecule has 10 nitrogen and oxygen atoms in total. The predicted octanol–water partition coefficient (Wildman–Crippen LogP) is 4.92. The van der Waals surface area contributed by atoms with E-state index in [9.17, 15) is 4.79 Å². The second-order valence-electron chi connectivity index (χ2n) is 9.87. The van der Waals surface area contributed by atoms with Crippen LogP contribution in [0.15, 0.2) is 64.0 Å². The molecule has 4 aromatic rings. The summed E-state index contributed by atoms with van der Waals surface area (Å²) in [6.45, 7) is 3.42. The summed E-state index contributed by atoms with van der Waals surface area (Å²) in [5.74, 6) is -0.0590. The monoisotopic (exact) mass is 543 g/mol. The second-order valence-corrected chi connectivity index (χ2v) is 10.9. The Bertz CT molecular complexity index is 1510.